The number of nitrogens with two attached hydrogens (primary N) is 1. The van der Waals surface area contributed by atoms with Crippen molar-refractivity contribution in [1.29, 1.82) is 0 Å². The standard InChI is InChI=1S/C13H18N2O/c1-7-4-10(6-8(2)14)12-11(5-7)9(3)13(16)15-12/h4-5,8-9H,6,14H2,1-3H3,(H,15,16). The van der Waals surface area contributed by atoms with E-state index in [1.807, 2.05) is 13.8 Å². The minimum Gasteiger partial charge on any atom is -0.328 e. The summed E-state index contributed by atoms with van der Waals surface area (Å²) in [5, 5.41) is 2.95. The lowest BCUT2D eigenvalue weighted by atomic mass is 9.95. The normalized spacial score (nSPS) is 20.5. The zero-order chi connectivity index (χ0) is 11.9. The predicted molar refractivity (Wildman–Crippen MR) is 65.6 cm³/mol. The van der Waals surface area contributed by atoms with Crippen LogP contribution in [0.5, 0.6) is 0 Å². The van der Waals surface area contributed by atoms with Crippen molar-refractivity contribution < 1.29 is 4.79 Å². The predicted octanol–water partition coefficient (Wildman–Crippen LogP) is 1.94. The van der Waals surface area contributed by atoms with Crippen LogP contribution >= 0.6 is 0 Å². The van der Waals surface area contributed by atoms with Crippen molar-refractivity contribution in [2.75, 3.05) is 5.32 Å². The first-order valence-corrected chi connectivity index (χ1v) is 5.69. The molecule has 0 radical (unpaired) electrons. The molecule has 1 aliphatic rings. The van der Waals surface area contributed by atoms with E-state index in [0.717, 1.165) is 23.2 Å². The van der Waals surface area contributed by atoms with Gasteiger partial charge >= 0.3 is 0 Å². The van der Waals surface area contributed by atoms with Crippen LogP contribution in [-0.2, 0) is 11.2 Å². The van der Waals surface area contributed by atoms with Crippen LogP contribution in [0.1, 0.15) is 36.5 Å². The summed E-state index contributed by atoms with van der Waals surface area (Å²) in [5.74, 6) is 0.0493. The summed E-state index contributed by atoms with van der Waals surface area (Å²) >= 11 is 0. The third-order valence-electron chi connectivity index (χ3n) is 3.04. The lowest BCUT2D eigenvalue weighted by Gasteiger charge is -2.12. The number of benzene rings is 1. The lowest BCUT2D eigenvalue weighted by molar-refractivity contribution is -0.116. The number of rotatable bonds is 2. The number of hydrogen-bond acceptors (Lipinski definition) is 2. The quantitative estimate of drug-likeness (QED) is 0.797. The molecule has 1 aromatic rings. The van der Waals surface area contributed by atoms with Crippen LogP contribution < -0.4 is 11.1 Å². The smallest absolute Gasteiger partial charge is 0.231 e. The number of anilines is 1. The van der Waals surface area contributed by atoms with Gasteiger partial charge in [0.1, 0.15) is 0 Å². The van der Waals surface area contributed by atoms with Crippen molar-refractivity contribution in [3.05, 3.63) is 28.8 Å². The number of fused-ring (bicyclic) bond motifs is 1. The molecule has 16 heavy (non-hydrogen) atoms. The van der Waals surface area contributed by atoms with Crippen LogP contribution in [0.3, 0.4) is 0 Å². The van der Waals surface area contributed by atoms with E-state index in [1.54, 1.807) is 0 Å². The van der Waals surface area contributed by atoms with Crippen molar-refractivity contribution in [1.82, 2.24) is 0 Å². The topological polar surface area (TPSA) is 55.1 Å². The minimum absolute atomic E-state index is 0.0401. The molecule has 0 aliphatic carbocycles. The Morgan fingerprint density at radius 2 is 2.19 bits per heavy atom. The van der Waals surface area contributed by atoms with Gasteiger partial charge in [0, 0.05) is 11.7 Å². The summed E-state index contributed by atoms with van der Waals surface area (Å²) in [6, 6.07) is 4.31. The number of hydrogen-bond donors (Lipinski definition) is 2. The van der Waals surface area contributed by atoms with Gasteiger partial charge in [-0.2, -0.15) is 0 Å². The first-order valence-electron chi connectivity index (χ1n) is 5.69. The minimum atomic E-state index is -0.0401. The monoisotopic (exact) mass is 218 g/mol. The SMILES string of the molecule is Cc1cc(CC(C)N)c2c(c1)C(C)C(=O)N2. The first kappa shape index (κ1) is 11.1. The highest BCUT2D eigenvalue weighted by Gasteiger charge is 2.28. The molecule has 2 atom stereocenters. The van der Waals surface area contributed by atoms with Gasteiger partial charge in [-0.25, -0.2) is 0 Å². The van der Waals surface area contributed by atoms with Gasteiger partial charge in [-0.3, -0.25) is 4.79 Å². The molecule has 0 saturated carbocycles. The number of amides is 1. The van der Waals surface area contributed by atoms with Gasteiger partial charge in [0.25, 0.3) is 0 Å². The fourth-order valence-electron chi connectivity index (χ4n) is 2.27. The molecule has 0 bridgehead atoms. The Morgan fingerprint density at radius 1 is 1.50 bits per heavy atom. The highest BCUT2D eigenvalue weighted by atomic mass is 16.2. The summed E-state index contributed by atoms with van der Waals surface area (Å²) in [6.07, 6.45) is 0.803. The van der Waals surface area contributed by atoms with Crippen LogP contribution in [0, 0.1) is 6.92 Å². The van der Waals surface area contributed by atoms with Crippen LogP contribution in [0.2, 0.25) is 0 Å². The summed E-state index contributed by atoms with van der Waals surface area (Å²) in [5.41, 5.74) is 10.3. The largest absolute Gasteiger partial charge is 0.328 e. The zero-order valence-corrected chi connectivity index (χ0v) is 10.0. The number of carbonyl (C=O) groups excluding carboxylic acids is 1. The maximum Gasteiger partial charge on any atom is 0.231 e. The second-order valence-electron chi connectivity index (χ2n) is 4.78. The second kappa shape index (κ2) is 3.91. The van der Waals surface area contributed by atoms with E-state index in [4.69, 9.17) is 5.73 Å². The summed E-state index contributed by atoms with van der Waals surface area (Å²) in [6.45, 7) is 5.98. The summed E-state index contributed by atoms with van der Waals surface area (Å²) in [7, 11) is 0. The van der Waals surface area contributed by atoms with Crippen molar-refractivity contribution in [2.45, 2.75) is 39.2 Å². The molecule has 1 heterocycles. The molecular weight excluding hydrogens is 200 g/mol. The maximum absolute atomic E-state index is 11.6. The van der Waals surface area contributed by atoms with E-state index in [2.05, 4.69) is 24.4 Å². The maximum atomic E-state index is 11.6. The van der Waals surface area contributed by atoms with Gasteiger partial charge in [-0.05, 0) is 38.3 Å². The summed E-state index contributed by atoms with van der Waals surface area (Å²) in [4.78, 5) is 11.6. The summed E-state index contributed by atoms with van der Waals surface area (Å²) < 4.78 is 0. The molecule has 1 aromatic carbocycles. The number of aryl methyl sites for hydroxylation is 1. The van der Waals surface area contributed by atoms with Crippen LogP contribution in [0.25, 0.3) is 0 Å². The van der Waals surface area contributed by atoms with Gasteiger partial charge in [-0.15, -0.1) is 0 Å². The third-order valence-corrected chi connectivity index (χ3v) is 3.04. The molecule has 0 saturated heterocycles. The Kier molecular flexibility index (Phi) is 2.72. The average molecular weight is 218 g/mol. The fraction of sp³-hybridized carbons (Fsp3) is 0.462. The van der Waals surface area contributed by atoms with Crippen molar-refractivity contribution in [3.8, 4) is 0 Å². The zero-order valence-electron chi connectivity index (χ0n) is 10.0. The van der Waals surface area contributed by atoms with E-state index in [9.17, 15) is 4.79 Å². The Balaban J connectivity index is 2.48. The van der Waals surface area contributed by atoms with Crippen molar-refractivity contribution >= 4 is 11.6 Å². The van der Waals surface area contributed by atoms with Crippen LogP contribution in [-0.4, -0.2) is 11.9 Å². The molecule has 3 N–H and O–H groups in total. The van der Waals surface area contributed by atoms with E-state index in [1.165, 1.54) is 5.56 Å². The third kappa shape index (κ3) is 1.83. The fourth-order valence-corrected chi connectivity index (χ4v) is 2.27. The Hall–Kier alpha value is -1.35. The van der Waals surface area contributed by atoms with Crippen molar-refractivity contribution in [2.24, 2.45) is 5.73 Å². The molecular formula is C13H18N2O. The van der Waals surface area contributed by atoms with Gasteiger partial charge in [0.05, 0.1) is 5.92 Å². The van der Waals surface area contributed by atoms with Crippen molar-refractivity contribution in [3.63, 3.8) is 0 Å². The molecule has 3 heteroatoms. The molecule has 3 nitrogen and oxygen atoms in total. The number of carbonyl (C=O) groups is 1. The van der Waals surface area contributed by atoms with E-state index < -0.39 is 0 Å². The van der Waals surface area contributed by atoms with Crippen LogP contribution in [0.4, 0.5) is 5.69 Å². The highest BCUT2D eigenvalue weighted by Crippen LogP contribution is 2.36. The van der Waals surface area contributed by atoms with Gasteiger partial charge in [0.15, 0.2) is 0 Å². The lowest BCUT2D eigenvalue weighted by Crippen LogP contribution is -2.18. The van der Waals surface area contributed by atoms with Crippen LogP contribution in [0.15, 0.2) is 12.1 Å². The molecule has 86 valence electrons. The Morgan fingerprint density at radius 3 is 2.81 bits per heavy atom. The number of nitrogens with one attached hydrogen (secondary N) is 1. The van der Waals surface area contributed by atoms with E-state index in [0.29, 0.717) is 0 Å². The van der Waals surface area contributed by atoms with E-state index in [-0.39, 0.29) is 17.9 Å². The molecule has 2 rings (SSSR count). The molecule has 0 spiro atoms. The Labute approximate surface area is 96.0 Å². The highest BCUT2D eigenvalue weighted by molar-refractivity contribution is 6.03. The molecule has 0 fully saturated rings. The van der Waals surface area contributed by atoms with E-state index >= 15 is 0 Å². The molecule has 1 aliphatic heterocycles. The molecule has 0 aromatic heterocycles. The molecule has 2 unspecified atom stereocenters. The van der Waals surface area contributed by atoms with Gasteiger partial charge < -0.3 is 11.1 Å². The Bertz CT molecular complexity index is 438. The molecule has 1 amide bonds. The first-order chi connectivity index (χ1) is 7.49. The second-order valence-corrected chi connectivity index (χ2v) is 4.78. The van der Waals surface area contributed by atoms with Gasteiger partial charge in [-0.1, -0.05) is 17.7 Å². The average Bonchev–Trinajstić information content (AvgIpc) is 2.44. The van der Waals surface area contributed by atoms with Gasteiger partial charge in [0.2, 0.25) is 5.91 Å².